The summed E-state index contributed by atoms with van der Waals surface area (Å²) < 4.78 is 0. The molecule has 0 radical (unpaired) electrons. The lowest BCUT2D eigenvalue weighted by Gasteiger charge is -2.12. The van der Waals surface area contributed by atoms with E-state index < -0.39 is 5.41 Å². The molecule has 0 spiro atoms. The minimum Gasteiger partial charge on any atom is -0.763 e. The third-order valence-electron chi connectivity index (χ3n) is 0.935. The highest BCUT2D eigenvalue weighted by molar-refractivity contribution is 6.00. The molecule has 0 aliphatic rings. The van der Waals surface area contributed by atoms with Crippen molar-refractivity contribution in [2.24, 2.45) is 5.41 Å². The van der Waals surface area contributed by atoms with Crippen molar-refractivity contribution < 1.29 is 4.79 Å². The maximum Gasteiger partial charge on any atom is 0.166 e. The van der Waals surface area contributed by atoms with Gasteiger partial charge in [0.15, 0.2) is 5.78 Å². The third kappa shape index (κ3) is 2.83. The molecular formula is C7H10NO-. The van der Waals surface area contributed by atoms with Crippen molar-refractivity contribution in [1.29, 1.82) is 0 Å². The second kappa shape index (κ2) is 2.60. The molecular weight excluding hydrogens is 114 g/mol. The number of carbonyl (C=O) groups is 1. The maximum atomic E-state index is 10.8. The van der Waals surface area contributed by atoms with Crippen LogP contribution in [0.2, 0.25) is 0 Å². The van der Waals surface area contributed by atoms with Crippen LogP contribution in [0.1, 0.15) is 20.8 Å². The molecule has 0 unspecified atom stereocenters. The highest BCUT2D eigenvalue weighted by Crippen LogP contribution is 2.13. The number of carbonyl (C=O) groups excluding carboxylic acids is 1. The minimum absolute atomic E-state index is 0.120. The fourth-order valence-electron chi connectivity index (χ4n) is 0.275. The number of hydrogen-bond donors (Lipinski definition) is 0. The van der Waals surface area contributed by atoms with Crippen molar-refractivity contribution in [1.82, 2.24) is 0 Å². The van der Waals surface area contributed by atoms with Crippen LogP contribution in [0.5, 0.6) is 0 Å². The van der Waals surface area contributed by atoms with Crippen molar-refractivity contribution in [3.05, 3.63) is 11.5 Å². The molecule has 0 N–H and O–H groups in total. The summed E-state index contributed by atoms with van der Waals surface area (Å²) in [7, 11) is 0. The molecule has 2 nitrogen and oxygen atoms in total. The molecule has 0 saturated heterocycles. The van der Waals surface area contributed by atoms with Crippen LogP contribution in [0.25, 0.3) is 5.41 Å². The minimum atomic E-state index is -0.407. The Morgan fingerprint density at radius 1 is 1.56 bits per heavy atom. The summed E-state index contributed by atoms with van der Waals surface area (Å²) in [6.45, 7) is 5.34. The monoisotopic (exact) mass is 124 g/mol. The Morgan fingerprint density at radius 2 is 2.00 bits per heavy atom. The van der Waals surface area contributed by atoms with Crippen LogP contribution in [-0.4, -0.2) is 11.7 Å². The first-order valence-corrected chi connectivity index (χ1v) is 2.76. The number of nitrogens with zero attached hydrogens (tertiary/aromatic N) is 1. The first kappa shape index (κ1) is 8.12. The van der Waals surface area contributed by atoms with Crippen molar-refractivity contribution in [3.8, 4) is 0 Å². The van der Waals surface area contributed by atoms with Gasteiger partial charge in [0.2, 0.25) is 0 Å². The normalized spacial score (nSPS) is 10.1. The first-order chi connectivity index (χ1) is 3.98. The van der Waals surface area contributed by atoms with Crippen LogP contribution in [-0.2, 0) is 4.79 Å². The Balaban J connectivity index is 4.22. The van der Waals surface area contributed by atoms with E-state index in [1.54, 1.807) is 26.6 Å². The first-order valence-electron chi connectivity index (χ1n) is 2.76. The third-order valence-corrected chi connectivity index (χ3v) is 0.935. The van der Waals surface area contributed by atoms with Crippen molar-refractivity contribution in [3.63, 3.8) is 0 Å². The Hall–Kier alpha value is -0.880. The van der Waals surface area contributed by atoms with E-state index in [1.807, 2.05) is 0 Å². The van der Waals surface area contributed by atoms with E-state index in [1.165, 1.54) is 0 Å². The lowest BCUT2D eigenvalue weighted by atomic mass is 9.91. The fourth-order valence-corrected chi connectivity index (χ4v) is 0.275. The summed E-state index contributed by atoms with van der Waals surface area (Å²) in [4.78, 5) is 10.8. The van der Waals surface area contributed by atoms with Crippen molar-refractivity contribution >= 4 is 11.7 Å². The van der Waals surface area contributed by atoms with Gasteiger partial charge in [-0.25, -0.2) is 0 Å². The molecule has 0 aromatic heterocycles. The number of allylic oxidation sites excluding steroid dienone is 1. The zero-order chi connectivity index (χ0) is 7.49. The zero-order valence-corrected chi connectivity index (χ0v) is 5.93. The van der Waals surface area contributed by atoms with Gasteiger partial charge in [0.05, 0.1) is 0 Å². The molecule has 0 heterocycles. The molecule has 0 aliphatic heterocycles. The molecule has 0 saturated carbocycles. The summed E-state index contributed by atoms with van der Waals surface area (Å²) in [6, 6.07) is 0. The standard InChI is InChI=1S/C7H10NO/c1-7(2,3)6(9)4-5-8/h4H,1-3H3/q-1. The molecule has 2 heteroatoms. The van der Waals surface area contributed by atoms with Crippen LogP contribution < -0.4 is 0 Å². The Labute approximate surface area is 55.1 Å². The zero-order valence-electron chi connectivity index (χ0n) is 5.93. The smallest absolute Gasteiger partial charge is 0.166 e. The van der Waals surface area contributed by atoms with E-state index in [0.29, 0.717) is 0 Å². The van der Waals surface area contributed by atoms with Gasteiger partial charge >= 0.3 is 0 Å². The fraction of sp³-hybridized carbons (Fsp3) is 0.571. The maximum absolute atomic E-state index is 10.8. The van der Waals surface area contributed by atoms with E-state index in [9.17, 15) is 4.79 Å². The summed E-state index contributed by atoms with van der Waals surface area (Å²) in [6.07, 6.45) is 1.04. The second-order valence-corrected chi connectivity index (χ2v) is 2.89. The largest absolute Gasteiger partial charge is 0.763 e. The van der Waals surface area contributed by atoms with Gasteiger partial charge in [-0.1, -0.05) is 20.8 Å². The predicted molar refractivity (Wildman–Crippen MR) is 37.4 cm³/mol. The number of rotatable bonds is 1. The van der Waals surface area contributed by atoms with E-state index in [-0.39, 0.29) is 5.78 Å². The SMILES string of the molecule is CC(C)(C)C(=O)C=C=[N-]. The van der Waals surface area contributed by atoms with Gasteiger partial charge in [-0.05, 0) is 0 Å². The van der Waals surface area contributed by atoms with E-state index in [4.69, 9.17) is 5.41 Å². The van der Waals surface area contributed by atoms with Gasteiger partial charge in [0, 0.05) is 11.5 Å². The average Bonchev–Trinajstić information content (AvgIpc) is 1.64. The molecule has 0 aromatic rings. The van der Waals surface area contributed by atoms with Crippen molar-refractivity contribution in [2.75, 3.05) is 0 Å². The van der Waals surface area contributed by atoms with Gasteiger partial charge < -0.3 is 5.41 Å². The lowest BCUT2D eigenvalue weighted by Crippen LogP contribution is -2.17. The Morgan fingerprint density at radius 3 is 2.11 bits per heavy atom. The molecule has 0 amide bonds. The van der Waals surface area contributed by atoms with Crippen molar-refractivity contribution in [2.45, 2.75) is 20.8 Å². The van der Waals surface area contributed by atoms with Gasteiger partial charge in [-0.2, -0.15) is 0 Å². The van der Waals surface area contributed by atoms with Crippen LogP contribution in [0, 0.1) is 5.41 Å². The van der Waals surface area contributed by atoms with Crippen LogP contribution in [0.4, 0.5) is 0 Å². The van der Waals surface area contributed by atoms with Crippen LogP contribution in [0.15, 0.2) is 6.08 Å². The van der Waals surface area contributed by atoms with E-state index in [0.717, 1.165) is 6.08 Å². The molecule has 9 heavy (non-hydrogen) atoms. The molecule has 0 aliphatic carbocycles. The summed E-state index contributed by atoms with van der Waals surface area (Å²) in [5.41, 5.74) is -0.407. The molecule has 0 fully saturated rings. The highest BCUT2D eigenvalue weighted by Gasteiger charge is 2.17. The molecule has 0 aromatic carbocycles. The quantitative estimate of drug-likeness (QED) is 0.384. The number of hydrogen-bond acceptors (Lipinski definition) is 1. The van der Waals surface area contributed by atoms with Gasteiger partial charge in [-0.3, -0.25) is 10.7 Å². The Bertz CT molecular complexity index is 158. The summed E-state index contributed by atoms with van der Waals surface area (Å²) in [5, 5.41) is 8.07. The molecule has 50 valence electrons. The predicted octanol–water partition coefficient (Wildman–Crippen LogP) is 1.40. The molecule has 0 atom stereocenters. The molecule has 0 bridgehead atoms. The van der Waals surface area contributed by atoms with E-state index >= 15 is 0 Å². The van der Waals surface area contributed by atoms with E-state index in [2.05, 4.69) is 0 Å². The highest BCUT2D eigenvalue weighted by atomic mass is 16.1. The second-order valence-electron chi connectivity index (χ2n) is 2.89. The van der Waals surface area contributed by atoms with Crippen LogP contribution >= 0.6 is 0 Å². The topological polar surface area (TPSA) is 39.4 Å². The number of ketones is 1. The average molecular weight is 124 g/mol. The Kier molecular flexibility index (Phi) is 2.35. The van der Waals surface area contributed by atoms with Gasteiger partial charge in [0.1, 0.15) is 0 Å². The molecule has 0 rings (SSSR count). The van der Waals surface area contributed by atoms with Gasteiger partial charge in [-0.15, -0.1) is 0 Å². The summed E-state index contributed by atoms with van der Waals surface area (Å²) >= 11 is 0. The summed E-state index contributed by atoms with van der Waals surface area (Å²) in [5.74, 6) is 1.58. The van der Waals surface area contributed by atoms with Gasteiger partial charge in [0.25, 0.3) is 0 Å². The van der Waals surface area contributed by atoms with Crippen LogP contribution in [0.3, 0.4) is 0 Å². The lowest BCUT2D eigenvalue weighted by molar-refractivity contribution is -0.121.